The highest BCUT2D eigenvalue weighted by atomic mass is 16.5. The Kier molecular flexibility index (Phi) is 7.04. The highest BCUT2D eigenvalue weighted by Crippen LogP contribution is 2.23. The molecule has 1 fully saturated rings. The summed E-state index contributed by atoms with van der Waals surface area (Å²) in [5, 5.41) is 7.10. The number of rotatable bonds is 7. The fourth-order valence-corrected chi connectivity index (χ4v) is 3.81. The molecule has 0 saturated carbocycles. The third-order valence-electron chi connectivity index (χ3n) is 5.46. The van der Waals surface area contributed by atoms with Crippen LogP contribution < -0.4 is 5.32 Å². The maximum absolute atomic E-state index is 12.7. The molecule has 1 saturated heterocycles. The Morgan fingerprint density at radius 2 is 1.90 bits per heavy atom. The second-order valence-electron chi connectivity index (χ2n) is 7.68. The minimum absolute atomic E-state index is 0.0652. The molecule has 1 aliphatic rings. The van der Waals surface area contributed by atoms with Gasteiger partial charge in [0.25, 0.3) is 11.8 Å². The zero-order valence-corrected chi connectivity index (χ0v) is 17.5. The number of ether oxygens (including phenoxy) is 1. The SMILES string of the molecule is COCCNC(=O)c1ccc(CC2CCN(C(=O)c3cc(C)nn3C)CC2)cc1. The minimum Gasteiger partial charge on any atom is -0.383 e. The van der Waals surface area contributed by atoms with Gasteiger partial charge < -0.3 is 15.0 Å². The smallest absolute Gasteiger partial charge is 0.272 e. The molecule has 2 heterocycles. The molecule has 3 rings (SSSR count). The number of hydrogen-bond donors (Lipinski definition) is 1. The molecule has 0 unspecified atom stereocenters. The molecule has 2 aromatic rings. The molecule has 1 aromatic heterocycles. The zero-order chi connectivity index (χ0) is 20.8. The van der Waals surface area contributed by atoms with E-state index in [1.54, 1.807) is 11.8 Å². The van der Waals surface area contributed by atoms with Gasteiger partial charge in [0, 0.05) is 39.4 Å². The molecule has 0 atom stereocenters. The molecular formula is C22H30N4O3. The molecule has 0 aliphatic carbocycles. The first-order chi connectivity index (χ1) is 14.0. The van der Waals surface area contributed by atoms with Gasteiger partial charge in [0.15, 0.2) is 0 Å². The summed E-state index contributed by atoms with van der Waals surface area (Å²) in [5.74, 6) is 0.537. The normalized spacial score (nSPS) is 14.8. The molecule has 0 bridgehead atoms. The topological polar surface area (TPSA) is 76.5 Å². The number of carbonyl (C=O) groups excluding carboxylic acids is 2. The van der Waals surface area contributed by atoms with E-state index in [-0.39, 0.29) is 11.8 Å². The summed E-state index contributed by atoms with van der Waals surface area (Å²) >= 11 is 0. The number of aryl methyl sites for hydroxylation is 2. The van der Waals surface area contributed by atoms with Crippen LogP contribution in [0.1, 0.15) is 44.9 Å². The summed E-state index contributed by atoms with van der Waals surface area (Å²) in [6.45, 7) is 4.46. The summed E-state index contributed by atoms with van der Waals surface area (Å²) in [6.07, 6.45) is 2.95. The van der Waals surface area contributed by atoms with Gasteiger partial charge in [-0.2, -0.15) is 5.10 Å². The Morgan fingerprint density at radius 3 is 2.48 bits per heavy atom. The lowest BCUT2D eigenvalue weighted by Gasteiger charge is -2.32. The lowest BCUT2D eigenvalue weighted by molar-refractivity contribution is 0.0679. The number of methoxy groups -OCH3 is 1. The van der Waals surface area contributed by atoms with Gasteiger partial charge >= 0.3 is 0 Å². The number of carbonyl (C=O) groups is 2. The highest BCUT2D eigenvalue weighted by molar-refractivity contribution is 5.94. The van der Waals surface area contributed by atoms with E-state index in [0.717, 1.165) is 38.0 Å². The van der Waals surface area contributed by atoms with Crippen LogP contribution in [0.4, 0.5) is 0 Å². The number of amides is 2. The van der Waals surface area contributed by atoms with E-state index in [0.29, 0.717) is 30.3 Å². The lowest BCUT2D eigenvalue weighted by atomic mass is 9.90. The Bertz CT molecular complexity index is 836. The number of nitrogens with one attached hydrogen (secondary N) is 1. The van der Waals surface area contributed by atoms with Gasteiger partial charge in [0.2, 0.25) is 0 Å². The largest absolute Gasteiger partial charge is 0.383 e. The van der Waals surface area contributed by atoms with E-state index in [1.807, 2.05) is 49.2 Å². The average Bonchev–Trinajstić information content (AvgIpc) is 3.06. The van der Waals surface area contributed by atoms with Crippen molar-refractivity contribution in [1.29, 1.82) is 0 Å². The average molecular weight is 399 g/mol. The molecule has 1 N–H and O–H groups in total. The first kappa shape index (κ1) is 21.0. The first-order valence-electron chi connectivity index (χ1n) is 10.1. The molecule has 7 nitrogen and oxygen atoms in total. The van der Waals surface area contributed by atoms with Crippen molar-refractivity contribution in [2.24, 2.45) is 13.0 Å². The summed E-state index contributed by atoms with van der Waals surface area (Å²) in [4.78, 5) is 26.7. The van der Waals surface area contributed by atoms with Crippen molar-refractivity contribution in [2.45, 2.75) is 26.2 Å². The third kappa shape index (κ3) is 5.44. The van der Waals surface area contributed by atoms with Crippen LogP contribution in [0.25, 0.3) is 0 Å². The van der Waals surface area contributed by atoms with Crippen LogP contribution in [-0.2, 0) is 18.2 Å². The van der Waals surface area contributed by atoms with Crippen molar-refractivity contribution in [3.05, 3.63) is 52.8 Å². The second-order valence-corrected chi connectivity index (χ2v) is 7.68. The van der Waals surface area contributed by atoms with Crippen LogP contribution in [0.15, 0.2) is 30.3 Å². The van der Waals surface area contributed by atoms with Crippen molar-refractivity contribution in [1.82, 2.24) is 20.0 Å². The number of hydrogen-bond acceptors (Lipinski definition) is 4. The van der Waals surface area contributed by atoms with Crippen molar-refractivity contribution in [3.63, 3.8) is 0 Å². The van der Waals surface area contributed by atoms with Crippen LogP contribution in [0.3, 0.4) is 0 Å². The zero-order valence-electron chi connectivity index (χ0n) is 17.5. The van der Waals surface area contributed by atoms with E-state index in [4.69, 9.17) is 4.74 Å². The lowest BCUT2D eigenvalue weighted by Crippen LogP contribution is -2.39. The Balaban J connectivity index is 1.48. The van der Waals surface area contributed by atoms with Gasteiger partial charge in [-0.15, -0.1) is 0 Å². The van der Waals surface area contributed by atoms with Crippen LogP contribution in [0.5, 0.6) is 0 Å². The molecule has 1 aliphatic heterocycles. The fourth-order valence-electron chi connectivity index (χ4n) is 3.81. The number of aromatic nitrogens is 2. The van der Waals surface area contributed by atoms with Crippen LogP contribution >= 0.6 is 0 Å². The molecule has 1 aromatic carbocycles. The predicted molar refractivity (Wildman–Crippen MR) is 111 cm³/mol. The summed E-state index contributed by atoms with van der Waals surface area (Å²) in [5.41, 5.74) is 3.41. The molecule has 0 spiro atoms. The molecule has 0 radical (unpaired) electrons. The number of likely N-dealkylation sites (tertiary alicyclic amines) is 1. The van der Waals surface area contributed by atoms with Gasteiger partial charge in [-0.3, -0.25) is 14.3 Å². The maximum atomic E-state index is 12.7. The van der Waals surface area contributed by atoms with E-state index in [2.05, 4.69) is 10.4 Å². The van der Waals surface area contributed by atoms with E-state index in [1.165, 1.54) is 5.56 Å². The quantitative estimate of drug-likeness (QED) is 0.726. The monoisotopic (exact) mass is 398 g/mol. The molecule has 7 heteroatoms. The second kappa shape index (κ2) is 9.69. The summed E-state index contributed by atoms with van der Waals surface area (Å²) in [7, 11) is 3.43. The maximum Gasteiger partial charge on any atom is 0.272 e. The van der Waals surface area contributed by atoms with Crippen LogP contribution in [0, 0.1) is 12.8 Å². The van der Waals surface area contributed by atoms with Crippen molar-refractivity contribution >= 4 is 11.8 Å². The summed E-state index contributed by atoms with van der Waals surface area (Å²) < 4.78 is 6.61. The number of benzene rings is 1. The van der Waals surface area contributed by atoms with Crippen molar-refractivity contribution in [2.75, 3.05) is 33.4 Å². The number of piperidine rings is 1. The first-order valence-corrected chi connectivity index (χ1v) is 10.1. The van der Waals surface area contributed by atoms with Gasteiger partial charge in [-0.1, -0.05) is 12.1 Å². The van der Waals surface area contributed by atoms with Crippen LogP contribution in [0.2, 0.25) is 0 Å². The van der Waals surface area contributed by atoms with Gasteiger partial charge in [0.05, 0.1) is 12.3 Å². The van der Waals surface area contributed by atoms with E-state index in [9.17, 15) is 9.59 Å². The molecule has 2 amide bonds. The Labute approximate surface area is 172 Å². The standard InChI is InChI=1S/C22H30N4O3/c1-16-14-20(25(2)24-16)22(28)26-11-8-18(9-12-26)15-17-4-6-19(7-5-17)21(27)23-10-13-29-3/h4-7,14,18H,8-13,15H2,1-3H3,(H,23,27). The van der Waals surface area contributed by atoms with Gasteiger partial charge in [-0.25, -0.2) is 0 Å². The highest BCUT2D eigenvalue weighted by Gasteiger charge is 2.25. The Morgan fingerprint density at radius 1 is 1.21 bits per heavy atom. The third-order valence-corrected chi connectivity index (χ3v) is 5.46. The number of nitrogens with zero attached hydrogens (tertiary/aromatic N) is 3. The molecular weight excluding hydrogens is 368 g/mol. The minimum atomic E-state index is -0.0779. The summed E-state index contributed by atoms with van der Waals surface area (Å²) in [6, 6.07) is 9.66. The van der Waals surface area contributed by atoms with Crippen molar-refractivity contribution in [3.8, 4) is 0 Å². The van der Waals surface area contributed by atoms with Gasteiger partial charge in [-0.05, 0) is 55.9 Å². The van der Waals surface area contributed by atoms with E-state index >= 15 is 0 Å². The Hall–Kier alpha value is -2.67. The molecule has 29 heavy (non-hydrogen) atoms. The predicted octanol–water partition coefficient (Wildman–Crippen LogP) is 2.20. The van der Waals surface area contributed by atoms with Crippen LogP contribution in [-0.4, -0.2) is 59.8 Å². The van der Waals surface area contributed by atoms with Gasteiger partial charge in [0.1, 0.15) is 5.69 Å². The van der Waals surface area contributed by atoms with E-state index < -0.39 is 0 Å². The molecule has 156 valence electrons. The fraction of sp³-hybridized carbons (Fsp3) is 0.500. The van der Waals surface area contributed by atoms with Crippen molar-refractivity contribution < 1.29 is 14.3 Å².